The third kappa shape index (κ3) is 3.19. The van der Waals surface area contributed by atoms with Gasteiger partial charge in [-0.1, -0.05) is 43.3 Å². The molecular weight excluding hydrogens is 434 g/mol. The second-order valence-electron chi connectivity index (χ2n) is 8.01. The highest BCUT2D eigenvalue weighted by molar-refractivity contribution is 6.34. The molecule has 1 atom stereocenters. The van der Waals surface area contributed by atoms with Gasteiger partial charge >= 0.3 is 0 Å². The standard InChI is InChI=1S/C26H19N3O5/c1-2-17(22(30)27-29-25(33)20-9-5-6-10-21(20)26(29)34)15-11-13-16(14-12-15)28-23(31)18-7-3-4-8-19(18)24(28)32/h3-14,17H,2H2,1H3,(H,27,30). The molecule has 168 valence electrons. The number of amides is 5. The third-order valence-electron chi connectivity index (χ3n) is 6.09. The van der Waals surface area contributed by atoms with E-state index in [2.05, 4.69) is 5.43 Å². The number of nitrogens with zero attached hydrogens (tertiary/aromatic N) is 2. The highest BCUT2D eigenvalue weighted by Crippen LogP contribution is 2.30. The zero-order valence-electron chi connectivity index (χ0n) is 18.1. The Morgan fingerprint density at radius 2 is 1.15 bits per heavy atom. The van der Waals surface area contributed by atoms with Crippen LogP contribution in [0.25, 0.3) is 0 Å². The molecule has 2 aliphatic rings. The predicted octanol–water partition coefficient (Wildman–Crippen LogP) is 3.31. The van der Waals surface area contributed by atoms with E-state index >= 15 is 0 Å². The number of benzene rings is 3. The molecule has 0 radical (unpaired) electrons. The van der Waals surface area contributed by atoms with Crippen LogP contribution in [-0.2, 0) is 4.79 Å². The summed E-state index contributed by atoms with van der Waals surface area (Å²) in [6.45, 7) is 1.81. The van der Waals surface area contributed by atoms with E-state index in [-0.39, 0.29) is 11.1 Å². The molecule has 2 heterocycles. The van der Waals surface area contributed by atoms with Gasteiger partial charge in [-0.3, -0.25) is 29.4 Å². The summed E-state index contributed by atoms with van der Waals surface area (Å²) in [5.41, 5.74) is 4.65. The zero-order chi connectivity index (χ0) is 24.0. The Bertz CT molecular complexity index is 1310. The topological polar surface area (TPSA) is 104 Å². The molecule has 34 heavy (non-hydrogen) atoms. The maximum atomic E-state index is 13.0. The molecule has 0 aromatic heterocycles. The van der Waals surface area contributed by atoms with E-state index in [9.17, 15) is 24.0 Å². The van der Waals surface area contributed by atoms with Crippen molar-refractivity contribution in [1.29, 1.82) is 0 Å². The Morgan fingerprint density at radius 3 is 1.59 bits per heavy atom. The average Bonchev–Trinajstić information content (AvgIpc) is 3.25. The van der Waals surface area contributed by atoms with Crippen molar-refractivity contribution in [2.45, 2.75) is 19.3 Å². The molecule has 3 aromatic rings. The highest BCUT2D eigenvalue weighted by atomic mass is 16.2. The van der Waals surface area contributed by atoms with Crippen LogP contribution in [0.3, 0.4) is 0 Å². The van der Waals surface area contributed by atoms with Gasteiger partial charge < -0.3 is 0 Å². The van der Waals surface area contributed by atoms with E-state index in [1.165, 1.54) is 12.1 Å². The molecule has 5 rings (SSSR count). The molecule has 0 bridgehead atoms. The number of carbonyl (C=O) groups excluding carboxylic acids is 5. The van der Waals surface area contributed by atoms with Gasteiger partial charge in [-0.25, -0.2) is 4.90 Å². The first-order valence-corrected chi connectivity index (χ1v) is 10.8. The number of anilines is 1. The molecule has 8 nitrogen and oxygen atoms in total. The molecule has 0 saturated heterocycles. The van der Waals surface area contributed by atoms with Crippen LogP contribution in [0.15, 0.2) is 72.8 Å². The first kappa shape index (κ1) is 21.3. The Kier molecular flexibility index (Phi) is 5.05. The minimum absolute atomic E-state index is 0.242. The van der Waals surface area contributed by atoms with Crippen molar-refractivity contribution in [3.8, 4) is 0 Å². The van der Waals surface area contributed by atoms with Crippen LogP contribution >= 0.6 is 0 Å². The number of imide groups is 2. The van der Waals surface area contributed by atoms with Crippen molar-refractivity contribution in [2.24, 2.45) is 0 Å². The number of rotatable bonds is 5. The third-order valence-corrected chi connectivity index (χ3v) is 6.09. The maximum absolute atomic E-state index is 13.0. The molecular formula is C26H19N3O5. The first-order valence-electron chi connectivity index (χ1n) is 10.8. The van der Waals surface area contributed by atoms with Crippen LogP contribution in [0, 0.1) is 0 Å². The number of hydrogen-bond acceptors (Lipinski definition) is 5. The molecule has 8 heteroatoms. The van der Waals surface area contributed by atoms with Crippen molar-refractivity contribution < 1.29 is 24.0 Å². The second kappa shape index (κ2) is 8.08. The fourth-order valence-corrected chi connectivity index (χ4v) is 4.33. The SMILES string of the molecule is CCC(C(=O)NN1C(=O)c2ccccc2C1=O)c1ccc(N2C(=O)c3ccccc3C2=O)cc1. The smallest absolute Gasteiger partial charge is 0.273 e. The number of nitrogens with one attached hydrogen (secondary N) is 1. The normalized spacial score (nSPS) is 15.4. The number of hydrazine groups is 1. The van der Waals surface area contributed by atoms with Gasteiger partial charge in [0.1, 0.15) is 0 Å². The highest BCUT2D eigenvalue weighted by Gasteiger charge is 2.38. The van der Waals surface area contributed by atoms with Gasteiger partial charge in [-0.05, 0) is 48.4 Å². The summed E-state index contributed by atoms with van der Waals surface area (Å²) in [7, 11) is 0. The monoisotopic (exact) mass is 453 g/mol. The van der Waals surface area contributed by atoms with E-state index in [1.54, 1.807) is 60.7 Å². The summed E-state index contributed by atoms with van der Waals surface area (Å²) in [6.07, 6.45) is 0.404. The van der Waals surface area contributed by atoms with Crippen molar-refractivity contribution in [3.05, 3.63) is 101 Å². The summed E-state index contributed by atoms with van der Waals surface area (Å²) in [5.74, 6) is -3.12. The van der Waals surface area contributed by atoms with Crippen LogP contribution in [0.4, 0.5) is 5.69 Å². The lowest BCUT2D eigenvalue weighted by molar-refractivity contribution is -0.125. The molecule has 5 amide bonds. The molecule has 0 fully saturated rings. The lowest BCUT2D eigenvalue weighted by Crippen LogP contribution is -2.47. The van der Waals surface area contributed by atoms with Gasteiger partial charge in [0.2, 0.25) is 5.91 Å². The molecule has 0 spiro atoms. The minimum atomic E-state index is -0.652. The fourth-order valence-electron chi connectivity index (χ4n) is 4.33. The van der Waals surface area contributed by atoms with Gasteiger partial charge in [0.25, 0.3) is 23.6 Å². The molecule has 2 aliphatic heterocycles. The minimum Gasteiger partial charge on any atom is -0.273 e. The van der Waals surface area contributed by atoms with Crippen LogP contribution in [0.2, 0.25) is 0 Å². The number of hydrogen-bond donors (Lipinski definition) is 1. The molecule has 3 aromatic carbocycles. The fraction of sp³-hybridized carbons (Fsp3) is 0.115. The van der Waals surface area contributed by atoms with E-state index < -0.39 is 35.5 Å². The van der Waals surface area contributed by atoms with Crippen LogP contribution in [0.1, 0.15) is 66.3 Å². The van der Waals surface area contributed by atoms with Crippen molar-refractivity contribution in [1.82, 2.24) is 10.4 Å². The van der Waals surface area contributed by atoms with Crippen molar-refractivity contribution in [3.63, 3.8) is 0 Å². The summed E-state index contributed by atoms with van der Waals surface area (Å²) >= 11 is 0. The Hall–Kier alpha value is -4.59. The van der Waals surface area contributed by atoms with Crippen LogP contribution in [0.5, 0.6) is 0 Å². The summed E-state index contributed by atoms with van der Waals surface area (Å²) < 4.78 is 0. The summed E-state index contributed by atoms with van der Waals surface area (Å²) in [4.78, 5) is 64.6. The summed E-state index contributed by atoms with van der Waals surface area (Å²) in [6, 6.07) is 19.5. The Labute approximate surface area is 194 Å². The predicted molar refractivity (Wildman–Crippen MR) is 122 cm³/mol. The van der Waals surface area contributed by atoms with Crippen molar-refractivity contribution >= 4 is 35.2 Å². The van der Waals surface area contributed by atoms with Gasteiger partial charge in [0.15, 0.2) is 0 Å². The number of carbonyl (C=O) groups is 5. The first-order chi connectivity index (χ1) is 16.4. The molecule has 1 unspecified atom stereocenters. The van der Waals surface area contributed by atoms with Crippen molar-refractivity contribution in [2.75, 3.05) is 4.90 Å². The Balaban J connectivity index is 1.34. The van der Waals surface area contributed by atoms with E-state index in [0.29, 0.717) is 28.8 Å². The van der Waals surface area contributed by atoms with Gasteiger partial charge in [0, 0.05) is 0 Å². The second-order valence-corrected chi connectivity index (χ2v) is 8.01. The summed E-state index contributed by atoms with van der Waals surface area (Å²) in [5, 5.41) is 0.739. The Morgan fingerprint density at radius 1 is 0.706 bits per heavy atom. The van der Waals surface area contributed by atoms with Gasteiger partial charge in [-0.2, -0.15) is 5.01 Å². The van der Waals surface area contributed by atoms with Gasteiger partial charge in [-0.15, -0.1) is 0 Å². The molecule has 0 saturated carbocycles. The maximum Gasteiger partial charge on any atom is 0.280 e. The van der Waals surface area contributed by atoms with Crippen LogP contribution < -0.4 is 10.3 Å². The van der Waals surface area contributed by atoms with Crippen LogP contribution in [-0.4, -0.2) is 34.5 Å². The zero-order valence-corrected chi connectivity index (χ0v) is 18.1. The lowest BCUT2D eigenvalue weighted by atomic mass is 9.95. The lowest BCUT2D eigenvalue weighted by Gasteiger charge is -2.21. The quantitative estimate of drug-likeness (QED) is 0.597. The number of fused-ring (bicyclic) bond motifs is 2. The largest absolute Gasteiger partial charge is 0.280 e. The van der Waals surface area contributed by atoms with E-state index in [4.69, 9.17) is 0 Å². The van der Waals surface area contributed by atoms with E-state index in [0.717, 1.165) is 9.91 Å². The molecule has 1 N–H and O–H groups in total. The molecule has 0 aliphatic carbocycles. The average molecular weight is 453 g/mol. The van der Waals surface area contributed by atoms with E-state index in [1.807, 2.05) is 6.92 Å². The van der Waals surface area contributed by atoms with Gasteiger partial charge in [0.05, 0.1) is 33.9 Å².